The van der Waals surface area contributed by atoms with E-state index in [9.17, 15) is 9.59 Å². The van der Waals surface area contributed by atoms with Crippen molar-refractivity contribution in [2.45, 2.75) is 26.9 Å². The number of pyridine rings is 1. The summed E-state index contributed by atoms with van der Waals surface area (Å²) < 4.78 is 5.25. The van der Waals surface area contributed by atoms with Crippen molar-refractivity contribution >= 4 is 16.8 Å². The Hall–Kier alpha value is -3.86. The minimum atomic E-state index is -0.211. The van der Waals surface area contributed by atoms with Crippen molar-refractivity contribution in [2.24, 2.45) is 0 Å². The molecule has 1 heterocycles. The molecule has 3 aromatic carbocycles. The van der Waals surface area contributed by atoms with Crippen molar-refractivity contribution in [2.75, 3.05) is 7.11 Å². The molecule has 1 aromatic heterocycles. The highest BCUT2D eigenvalue weighted by Gasteiger charge is 2.20. The summed E-state index contributed by atoms with van der Waals surface area (Å²) in [6.45, 7) is 4.57. The van der Waals surface area contributed by atoms with Crippen LogP contribution in [-0.4, -0.2) is 22.9 Å². The third-order valence-electron chi connectivity index (χ3n) is 5.65. The van der Waals surface area contributed by atoms with E-state index < -0.39 is 0 Å². The van der Waals surface area contributed by atoms with Crippen molar-refractivity contribution in [1.82, 2.24) is 9.88 Å². The Morgan fingerprint density at radius 2 is 1.69 bits per heavy atom. The van der Waals surface area contributed by atoms with Crippen molar-refractivity contribution < 1.29 is 9.53 Å². The molecule has 32 heavy (non-hydrogen) atoms. The van der Waals surface area contributed by atoms with E-state index in [1.54, 1.807) is 18.1 Å². The second-order valence-corrected chi connectivity index (χ2v) is 8.04. The molecular formula is C27H26N2O3. The largest absolute Gasteiger partial charge is 0.497 e. The van der Waals surface area contributed by atoms with Gasteiger partial charge < -0.3 is 14.6 Å². The van der Waals surface area contributed by atoms with Crippen LogP contribution in [-0.2, 0) is 13.1 Å². The zero-order chi connectivity index (χ0) is 22.7. The molecule has 5 nitrogen and oxygen atoms in total. The summed E-state index contributed by atoms with van der Waals surface area (Å²) >= 11 is 0. The summed E-state index contributed by atoms with van der Waals surface area (Å²) in [5.41, 5.74) is 4.75. The molecule has 0 spiro atoms. The molecule has 1 amide bonds. The molecule has 162 valence electrons. The number of amides is 1. The second kappa shape index (κ2) is 9.10. The maximum absolute atomic E-state index is 13.5. The van der Waals surface area contributed by atoms with Crippen LogP contribution in [0, 0.1) is 13.8 Å². The van der Waals surface area contributed by atoms with Crippen LogP contribution in [0.5, 0.6) is 5.75 Å². The second-order valence-electron chi connectivity index (χ2n) is 8.04. The molecule has 0 aliphatic heterocycles. The quantitative estimate of drug-likeness (QED) is 0.472. The molecule has 4 aromatic rings. The first-order chi connectivity index (χ1) is 15.4. The molecule has 0 fully saturated rings. The van der Waals surface area contributed by atoms with E-state index in [-0.39, 0.29) is 18.0 Å². The minimum Gasteiger partial charge on any atom is -0.497 e. The van der Waals surface area contributed by atoms with E-state index in [0.29, 0.717) is 28.9 Å². The molecule has 1 N–H and O–H groups in total. The van der Waals surface area contributed by atoms with E-state index in [2.05, 4.69) is 4.98 Å². The van der Waals surface area contributed by atoms with Crippen molar-refractivity contribution in [3.8, 4) is 5.75 Å². The lowest BCUT2D eigenvalue weighted by Crippen LogP contribution is -2.33. The Kier molecular flexibility index (Phi) is 6.08. The molecule has 0 bridgehead atoms. The summed E-state index contributed by atoms with van der Waals surface area (Å²) in [6, 6.07) is 23.0. The fraction of sp³-hybridized carbons (Fsp3) is 0.185. The number of H-pyrrole nitrogens is 1. The molecule has 0 radical (unpaired) electrons. The molecule has 0 unspecified atom stereocenters. The number of aryl methyl sites for hydroxylation is 2. The molecule has 0 aliphatic rings. The van der Waals surface area contributed by atoms with Gasteiger partial charge in [0.15, 0.2) is 0 Å². The summed E-state index contributed by atoms with van der Waals surface area (Å²) in [7, 11) is 1.59. The molecular weight excluding hydrogens is 400 g/mol. The number of hydrogen-bond donors (Lipinski definition) is 1. The average Bonchev–Trinajstić information content (AvgIpc) is 2.80. The van der Waals surface area contributed by atoms with Gasteiger partial charge in [-0.3, -0.25) is 9.59 Å². The first kappa shape index (κ1) is 21.4. The van der Waals surface area contributed by atoms with Crippen molar-refractivity contribution in [1.29, 1.82) is 0 Å². The Labute approximate surface area is 187 Å². The highest BCUT2D eigenvalue weighted by atomic mass is 16.5. The number of rotatable bonds is 6. The van der Waals surface area contributed by atoms with Gasteiger partial charge in [-0.15, -0.1) is 0 Å². The number of aromatic amines is 1. The molecule has 0 atom stereocenters. The number of fused-ring (bicyclic) bond motifs is 1. The number of nitrogens with zero attached hydrogens (tertiary/aromatic N) is 1. The van der Waals surface area contributed by atoms with Gasteiger partial charge in [0, 0.05) is 23.7 Å². The van der Waals surface area contributed by atoms with Gasteiger partial charge in [-0.1, -0.05) is 48.0 Å². The maximum atomic E-state index is 13.5. The predicted molar refractivity (Wildman–Crippen MR) is 127 cm³/mol. The van der Waals surface area contributed by atoms with Gasteiger partial charge >= 0.3 is 0 Å². The lowest BCUT2D eigenvalue weighted by molar-refractivity contribution is 0.0728. The number of benzene rings is 3. The van der Waals surface area contributed by atoms with Crippen LogP contribution < -0.4 is 10.3 Å². The third-order valence-corrected chi connectivity index (χ3v) is 5.65. The smallest absolute Gasteiger partial charge is 0.254 e. The lowest BCUT2D eigenvalue weighted by Gasteiger charge is -2.24. The summed E-state index contributed by atoms with van der Waals surface area (Å²) in [5.74, 6) is 0.578. The monoisotopic (exact) mass is 426 g/mol. The zero-order valence-electron chi connectivity index (χ0n) is 18.5. The van der Waals surface area contributed by atoms with Gasteiger partial charge in [0.05, 0.1) is 19.2 Å². The van der Waals surface area contributed by atoms with Crippen molar-refractivity contribution in [3.05, 3.63) is 111 Å². The summed E-state index contributed by atoms with van der Waals surface area (Å²) in [4.78, 5) is 31.0. The fourth-order valence-electron chi connectivity index (χ4n) is 3.77. The SMILES string of the molecule is COc1ccc2cc(CN(Cc3ccc(C)cc3)C(=O)c3ccccc3C)c(=O)[nH]c2c1. The Bertz CT molecular complexity index is 1320. The normalized spacial score (nSPS) is 10.8. The highest BCUT2D eigenvalue weighted by molar-refractivity contribution is 5.95. The topological polar surface area (TPSA) is 62.4 Å². The van der Waals surface area contributed by atoms with Gasteiger partial charge in [-0.05, 0) is 54.6 Å². The lowest BCUT2D eigenvalue weighted by atomic mass is 10.1. The first-order valence-electron chi connectivity index (χ1n) is 10.5. The predicted octanol–water partition coefficient (Wildman–Crippen LogP) is 5.00. The van der Waals surface area contributed by atoms with E-state index in [1.807, 2.05) is 80.6 Å². The highest BCUT2D eigenvalue weighted by Crippen LogP contribution is 2.21. The van der Waals surface area contributed by atoms with Gasteiger partial charge in [0.2, 0.25) is 0 Å². The maximum Gasteiger partial charge on any atom is 0.254 e. The van der Waals surface area contributed by atoms with Crippen LogP contribution in [0.2, 0.25) is 0 Å². The van der Waals surface area contributed by atoms with Crippen LogP contribution in [0.3, 0.4) is 0 Å². The van der Waals surface area contributed by atoms with Crippen LogP contribution >= 0.6 is 0 Å². The van der Waals surface area contributed by atoms with E-state index >= 15 is 0 Å². The van der Waals surface area contributed by atoms with Crippen LogP contribution in [0.1, 0.15) is 32.6 Å². The first-order valence-corrected chi connectivity index (χ1v) is 10.5. The van der Waals surface area contributed by atoms with E-state index in [0.717, 1.165) is 22.1 Å². The van der Waals surface area contributed by atoms with E-state index in [1.165, 1.54) is 0 Å². The zero-order valence-corrected chi connectivity index (χ0v) is 18.5. The van der Waals surface area contributed by atoms with Crippen LogP contribution in [0.4, 0.5) is 0 Å². The molecule has 4 rings (SSSR count). The standard InChI is InChI=1S/C27H26N2O3/c1-18-8-10-20(11-9-18)16-29(27(31)24-7-5-4-6-19(24)2)17-22-14-21-12-13-23(32-3)15-25(21)28-26(22)30/h4-15H,16-17H2,1-3H3,(H,28,30). The number of methoxy groups -OCH3 is 1. The number of carbonyl (C=O) groups excluding carboxylic acids is 1. The van der Waals surface area contributed by atoms with Gasteiger partial charge in [-0.25, -0.2) is 0 Å². The molecule has 0 aliphatic carbocycles. The third kappa shape index (κ3) is 4.57. The van der Waals surface area contributed by atoms with Crippen molar-refractivity contribution in [3.63, 3.8) is 0 Å². The summed E-state index contributed by atoms with van der Waals surface area (Å²) in [6.07, 6.45) is 0. The van der Waals surface area contributed by atoms with Gasteiger partial charge in [0.25, 0.3) is 11.5 Å². The summed E-state index contributed by atoms with van der Waals surface area (Å²) in [5, 5.41) is 0.888. The van der Waals surface area contributed by atoms with Gasteiger partial charge in [-0.2, -0.15) is 0 Å². The number of nitrogens with one attached hydrogen (secondary N) is 1. The fourth-order valence-corrected chi connectivity index (χ4v) is 3.77. The van der Waals surface area contributed by atoms with Crippen LogP contribution in [0.25, 0.3) is 10.9 Å². The Balaban J connectivity index is 1.72. The number of hydrogen-bond acceptors (Lipinski definition) is 3. The van der Waals surface area contributed by atoms with Gasteiger partial charge in [0.1, 0.15) is 5.75 Å². The minimum absolute atomic E-state index is 0.0992. The average molecular weight is 427 g/mol. The number of ether oxygens (including phenoxy) is 1. The van der Waals surface area contributed by atoms with Crippen LogP contribution in [0.15, 0.2) is 77.6 Å². The molecule has 0 saturated carbocycles. The Morgan fingerprint density at radius 1 is 0.938 bits per heavy atom. The number of aromatic nitrogens is 1. The molecule has 5 heteroatoms. The number of carbonyl (C=O) groups is 1. The molecule has 0 saturated heterocycles. The Morgan fingerprint density at radius 3 is 2.41 bits per heavy atom. The van der Waals surface area contributed by atoms with E-state index in [4.69, 9.17) is 4.74 Å².